The normalized spacial score (nSPS) is 17.9. The number of rotatable bonds is 5. The molecule has 0 aliphatic carbocycles. The number of aryl methyl sites for hydroxylation is 2. The minimum absolute atomic E-state index is 0.0337. The molecule has 0 saturated carbocycles. The van der Waals surface area contributed by atoms with Gasteiger partial charge < -0.3 is 9.88 Å². The minimum atomic E-state index is -3.60. The van der Waals surface area contributed by atoms with Crippen molar-refractivity contribution in [3.63, 3.8) is 0 Å². The lowest BCUT2D eigenvalue weighted by molar-refractivity contribution is 0.312. The fraction of sp³-hybridized carbons (Fsp3) is 0.350. The van der Waals surface area contributed by atoms with Crippen LogP contribution in [-0.4, -0.2) is 45.3 Å². The van der Waals surface area contributed by atoms with Gasteiger partial charge in [-0.05, 0) is 44.0 Å². The maximum absolute atomic E-state index is 13.0. The van der Waals surface area contributed by atoms with Gasteiger partial charge in [0.2, 0.25) is 0 Å². The second-order valence-electron chi connectivity index (χ2n) is 7.34. The molecule has 3 aromatic heterocycles. The highest BCUT2D eigenvalue weighted by molar-refractivity contribution is 7.89. The molecule has 0 spiro atoms. The zero-order chi connectivity index (χ0) is 20.4. The van der Waals surface area contributed by atoms with E-state index in [1.165, 1.54) is 10.6 Å². The van der Waals surface area contributed by atoms with Crippen molar-refractivity contribution < 1.29 is 8.42 Å². The lowest BCUT2D eigenvalue weighted by atomic mass is 9.95. The first-order chi connectivity index (χ1) is 13.9. The van der Waals surface area contributed by atoms with E-state index in [9.17, 15) is 8.42 Å². The molecule has 1 aliphatic rings. The maximum Gasteiger partial charge on any atom is 0.262 e. The van der Waals surface area contributed by atoms with Gasteiger partial charge in [0.15, 0.2) is 5.03 Å². The molecule has 0 amide bonds. The van der Waals surface area contributed by atoms with E-state index in [1.54, 1.807) is 24.0 Å². The van der Waals surface area contributed by atoms with Crippen molar-refractivity contribution in [1.82, 2.24) is 23.8 Å². The third-order valence-corrected chi connectivity index (χ3v) is 6.75. The first-order valence-electron chi connectivity index (χ1n) is 9.56. The number of sulfonamides is 1. The summed E-state index contributed by atoms with van der Waals surface area (Å²) in [6.45, 7) is 2.84. The number of anilines is 2. The molecule has 0 aromatic carbocycles. The maximum atomic E-state index is 13.0. The summed E-state index contributed by atoms with van der Waals surface area (Å²) in [5.41, 5.74) is 2.67. The molecule has 1 fully saturated rings. The van der Waals surface area contributed by atoms with E-state index in [1.807, 2.05) is 37.3 Å². The van der Waals surface area contributed by atoms with Crippen molar-refractivity contribution in [3.8, 4) is 0 Å². The molecule has 3 aromatic rings. The van der Waals surface area contributed by atoms with Gasteiger partial charge in [-0.25, -0.2) is 18.4 Å². The Bertz CT molecular complexity index is 1100. The molecule has 8 nitrogen and oxygen atoms in total. The van der Waals surface area contributed by atoms with Crippen LogP contribution in [0.3, 0.4) is 0 Å². The van der Waals surface area contributed by atoms with Gasteiger partial charge in [-0.1, -0.05) is 6.07 Å². The number of nitrogens with one attached hydrogen (secondary N) is 1. The van der Waals surface area contributed by atoms with Crippen molar-refractivity contribution in [3.05, 3.63) is 60.4 Å². The molecule has 0 bridgehead atoms. The van der Waals surface area contributed by atoms with Crippen molar-refractivity contribution >= 4 is 21.5 Å². The molecule has 1 aliphatic heterocycles. The molecule has 152 valence electrons. The average molecular weight is 413 g/mol. The Hall–Kier alpha value is -2.78. The van der Waals surface area contributed by atoms with Crippen LogP contribution in [0.15, 0.2) is 54.1 Å². The summed E-state index contributed by atoms with van der Waals surface area (Å²) in [5.74, 6) is 0.790. The van der Waals surface area contributed by atoms with E-state index in [0.29, 0.717) is 13.1 Å². The fourth-order valence-corrected chi connectivity index (χ4v) is 5.11. The van der Waals surface area contributed by atoms with Crippen LogP contribution in [0.4, 0.5) is 11.5 Å². The van der Waals surface area contributed by atoms with Crippen molar-refractivity contribution in [1.29, 1.82) is 0 Å². The molecule has 4 rings (SSSR count). The van der Waals surface area contributed by atoms with E-state index in [-0.39, 0.29) is 10.9 Å². The summed E-state index contributed by atoms with van der Waals surface area (Å²) in [4.78, 5) is 13.0. The molecule has 29 heavy (non-hydrogen) atoms. The molecule has 1 saturated heterocycles. The van der Waals surface area contributed by atoms with Crippen molar-refractivity contribution in [2.75, 3.05) is 18.4 Å². The largest absolute Gasteiger partial charge is 0.340 e. The van der Waals surface area contributed by atoms with Gasteiger partial charge in [-0.3, -0.25) is 4.98 Å². The Kier molecular flexibility index (Phi) is 5.33. The van der Waals surface area contributed by atoms with Gasteiger partial charge in [0.1, 0.15) is 5.82 Å². The van der Waals surface area contributed by atoms with E-state index in [0.717, 1.165) is 35.7 Å². The SMILES string of the molecule is Cc1cc(Nc2ccccn2)cc(C2CCCN(S(=O)(=O)c3cn(C)cn3)C2)n1. The molecular weight excluding hydrogens is 388 g/mol. The Morgan fingerprint density at radius 1 is 1.21 bits per heavy atom. The van der Waals surface area contributed by atoms with E-state index < -0.39 is 10.0 Å². The van der Waals surface area contributed by atoms with Crippen LogP contribution in [0.5, 0.6) is 0 Å². The lowest BCUT2D eigenvalue weighted by Gasteiger charge is -2.31. The van der Waals surface area contributed by atoms with E-state index in [4.69, 9.17) is 4.98 Å². The highest BCUT2D eigenvalue weighted by Crippen LogP contribution is 2.31. The first kappa shape index (κ1) is 19.5. The molecule has 1 atom stereocenters. The molecule has 1 unspecified atom stereocenters. The van der Waals surface area contributed by atoms with Gasteiger partial charge in [0.05, 0.1) is 6.33 Å². The minimum Gasteiger partial charge on any atom is -0.340 e. The van der Waals surface area contributed by atoms with E-state index in [2.05, 4.69) is 15.3 Å². The molecular formula is C20H24N6O2S. The second-order valence-corrected chi connectivity index (χ2v) is 9.23. The summed E-state index contributed by atoms with van der Waals surface area (Å²) in [6, 6.07) is 9.64. The molecule has 0 radical (unpaired) electrons. The number of hydrogen-bond acceptors (Lipinski definition) is 6. The van der Waals surface area contributed by atoms with Gasteiger partial charge in [-0.2, -0.15) is 4.31 Å². The van der Waals surface area contributed by atoms with Crippen molar-refractivity contribution in [2.24, 2.45) is 7.05 Å². The molecule has 9 heteroatoms. The number of nitrogens with zero attached hydrogens (tertiary/aromatic N) is 5. The van der Waals surface area contributed by atoms with Crippen LogP contribution < -0.4 is 5.32 Å². The number of imidazole rings is 1. The Balaban J connectivity index is 1.57. The predicted molar refractivity (Wildman–Crippen MR) is 110 cm³/mol. The Morgan fingerprint density at radius 3 is 2.79 bits per heavy atom. The molecule has 1 N–H and O–H groups in total. The van der Waals surface area contributed by atoms with Gasteiger partial charge in [0.25, 0.3) is 10.0 Å². The Labute approximate surface area is 170 Å². The van der Waals surface area contributed by atoms with Gasteiger partial charge in [0, 0.05) is 55.5 Å². The summed E-state index contributed by atoms with van der Waals surface area (Å²) in [7, 11) is -1.84. The van der Waals surface area contributed by atoms with Crippen LogP contribution in [0, 0.1) is 6.92 Å². The van der Waals surface area contributed by atoms with Crippen LogP contribution in [-0.2, 0) is 17.1 Å². The van der Waals surface area contributed by atoms with Crippen LogP contribution in [0.1, 0.15) is 30.1 Å². The predicted octanol–water partition coefficient (Wildman–Crippen LogP) is 2.83. The lowest BCUT2D eigenvalue weighted by Crippen LogP contribution is -2.39. The number of piperidine rings is 1. The summed E-state index contributed by atoms with van der Waals surface area (Å²) in [5, 5.41) is 3.39. The van der Waals surface area contributed by atoms with Crippen LogP contribution >= 0.6 is 0 Å². The first-order valence-corrected chi connectivity index (χ1v) is 11.0. The fourth-order valence-electron chi connectivity index (χ4n) is 3.62. The number of hydrogen-bond donors (Lipinski definition) is 1. The van der Waals surface area contributed by atoms with E-state index >= 15 is 0 Å². The van der Waals surface area contributed by atoms with Gasteiger partial charge >= 0.3 is 0 Å². The highest BCUT2D eigenvalue weighted by atomic mass is 32.2. The van der Waals surface area contributed by atoms with Crippen LogP contribution in [0.2, 0.25) is 0 Å². The third kappa shape index (κ3) is 4.30. The molecule has 4 heterocycles. The second kappa shape index (κ2) is 7.92. The Morgan fingerprint density at radius 2 is 2.07 bits per heavy atom. The summed E-state index contributed by atoms with van der Waals surface area (Å²) >= 11 is 0. The third-order valence-electron chi connectivity index (χ3n) is 5.00. The summed E-state index contributed by atoms with van der Waals surface area (Å²) < 4.78 is 29.1. The summed E-state index contributed by atoms with van der Waals surface area (Å²) in [6.07, 6.45) is 6.46. The number of pyridine rings is 2. The monoisotopic (exact) mass is 412 g/mol. The zero-order valence-corrected chi connectivity index (χ0v) is 17.3. The smallest absolute Gasteiger partial charge is 0.262 e. The quantitative estimate of drug-likeness (QED) is 0.693. The van der Waals surface area contributed by atoms with Crippen LogP contribution in [0.25, 0.3) is 0 Å². The van der Waals surface area contributed by atoms with Crippen molar-refractivity contribution in [2.45, 2.75) is 30.7 Å². The average Bonchev–Trinajstić information content (AvgIpc) is 3.16. The topological polar surface area (TPSA) is 93.0 Å². The zero-order valence-electron chi connectivity index (χ0n) is 16.5. The highest BCUT2D eigenvalue weighted by Gasteiger charge is 2.33. The van der Waals surface area contributed by atoms with Gasteiger partial charge in [-0.15, -0.1) is 0 Å². The standard InChI is InChI=1S/C20H24N6O2S/c1-15-10-17(24-19-7-3-4-8-21-19)11-18(23-15)16-6-5-9-26(12-16)29(27,28)20-13-25(2)14-22-20/h3-4,7-8,10-11,13-14,16H,5-6,9,12H2,1-2H3,(H,21,23,24). The number of aromatic nitrogens is 4.